The van der Waals surface area contributed by atoms with Crippen molar-refractivity contribution in [2.45, 2.75) is 52.7 Å². The Balaban J connectivity index is 3.86. The maximum Gasteiger partial charge on any atom is 0.330 e. The summed E-state index contributed by atoms with van der Waals surface area (Å²) in [6.07, 6.45) is 3.09. The van der Waals surface area contributed by atoms with E-state index in [-0.39, 0.29) is 12.1 Å². The molecule has 0 N–H and O–H groups in total. The van der Waals surface area contributed by atoms with Crippen molar-refractivity contribution in [3.63, 3.8) is 0 Å². The number of carbonyl (C=O) groups is 1. The summed E-state index contributed by atoms with van der Waals surface area (Å²) in [5.41, 5.74) is 0. The van der Waals surface area contributed by atoms with Gasteiger partial charge in [0.05, 0.1) is 0 Å². The smallest absolute Gasteiger partial charge is 0.330 e. The number of carbonyl (C=O) groups excluding carboxylic acids is 1. The van der Waals surface area contributed by atoms with Gasteiger partial charge in [-0.05, 0) is 30.7 Å². The molecule has 0 aliphatic carbocycles. The van der Waals surface area contributed by atoms with Gasteiger partial charge in [-0.2, -0.15) is 0 Å². The second-order valence-corrected chi connectivity index (χ2v) is 7.03. The van der Waals surface area contributed by atoms with E-state index in [1.54, 1.807) is 0 Å². The summed E-state index contributed by atoms with van der Waals surface area (Å²) in [6.45, 7) is 12.9. The van der Waals surface area contributed by atoms with E-state index in [0.29, 0.717) is 11.8 Å². The summed E-state index contributed by atoms with van der Waals surface area (Å²) in [7, 11) is -0.465. The van der Waals surface area contributed by atoms with Crippen LogP contribution in [0.25, 0.3) is 0 Å². The van der Waals surface area contributed by atoms with Crippen LogP contribution >= 0.6 is 0 Å². The van der Waals surface area contributed by atoms with Gasteiger partial charge in [0.25, 0.3) is 0 Å². The first-order valence-electron chi connectivity index (χ1n) is 6.86. The first-order valence-corrected chi connectivity index (χ1v) is 8.44. The van der Waals surface area contributed by atoms with Crippen molar-refractivity contribution in [1.29, 1.82) is 0 Å². The fourth-order valence-electron chi connectivity index (χ4n) is 1.70. The van der Waals surface area contributed by atoms with E-state index in [4.69, 9.17) is 9.16 Å². The molecule has 0 rings (SSSR count). The summed E-state index contributed by atoms with van der Waals surface area (Å²) in [6, 6.07) is 1.06. The van der Waals surface area contributed by atoms with E-state index in [9.17, 15) is 4.79 Å². The predicted octanol–water partition coefficient (Wildman–Crippen LogP) is 2.70. The fourth-order valence-corrected chi connectivity index (χ4v) is 3.16. The third kappa shape index (κ3) is 10.5. The number of hydrogen-bond donors (Lipinski definition) is 0. The van der Waals surface area contributed by atoms with E-state index in [1.807, 2.05) is 0 Å². The zero-order valence-electron chi connectivity index (χ0n) is 12.3. The number of esters is 1. The highest BCUT2D eigenvalue weighted by Gasteiger charge is 2.14. The lowest BCUT2D eigenvalue weighted by Gasteiger charge is -2.19. The van der Waals surface area contributed by atoms with E-state index >= 15 is 0 Å². The van der Waals surface area contributed by atoms with Gasteiger partial charge in [-0.3, -0.25) is 0 Å². The molecule has 1 unspecified atom stereocenters. The quantitative estimate of drug-likeness (QED) is 0.265. The molecule has 0 spiro atoms. The Morgan fingerprint density at radius 1 is 1.28 bits per heavy atom. The van der Waals surface area contributed by atoms with Gasteiger partial charge in [0.15, 0.2) is 9.76 Å². The minimum atomic E-state index is -0.465. The molecule has 0 saturated carbocycles. The lowest BCUT2D eigenvalue weighted by atomic mass is 10.0. The molecule has 3 nitrogen and oxygen atoms in total. The molecular weight excluding hydrogens is 244 g/mol. The summed E-state index contributed by atoms with van der Waals surface area (Å²) in [4.78, 5) is 11.2. The summed E-state index contributed by atoms with van der Waals surface area (Å²) >= 11 is 0. The van der Waals surface area contributed by atoms with Crippen LogP contribution in [0.1, 0.15) is 40.5 Å². The highest BCUT2D eigenvalue weighted by molar-refractivity contribution is 6.27. The average molecular weight is 272 g/mol. The van der Waals surface area contributed by atoms with Gasteiger partial charge in [0.1, 0.15) is 6.10 Å². The lowest BCUT2D eigenvalue weighted by molar-refractivity contribution is -0.143. The molecule has 0 heterocycles. The normalized spacial score (nSPS) is 13.4. The topological polar surface area (TPSA) is 35.5 Å². The molecular formula is C14H28O3Si. The van der Waals surface area contributed by atoms with E-state index < -0.39 is 9.76 Å². The van der Waals surface area contributed by atoms with Crippen LogP contribution in [0, 0.1) is 11.8 Å². The predicted molar refractivity (Wildman–Crippen MR) is 78.3 cm³/mol. The Labute approximate surface area is 114 Å². The van der Waals surface area contributed by atoms with Gasteiger partial charge in [-0.1, -0.05) is 34.3 Å². The van der Waals surface area contributed by atoms with Crippen LogP contribution in [0.3, 0.4) is 0 Å². The zero-order chi connectivity index (χ0) is 14.0. The Bertz CT molecular complexity index is 239. The lowest BCUT2D eigenvalue weighted by Crippen LogP contribution is -2.20. The van der Waals surface area contributed by atoms with Crippen LogP contribution < -0.4 is 0 Å². The third-order valence-corrected chi connectivity index (χ3v) is 3.67. The summed E-state index contributed by atoms with van der Waals surface area (Å²) in [5, 5.41) is 0. The van der Waals surface area contributed by atoms with Crippen molar-refractivity contribution in [3.05, 3.63) is 12.7 Å². The van der Waals surface area contributed by atoms with E-state index in [2.05, 4.69) is 34.3 Å². The largest absolute Gasteiger partial charge is 0.459 e. The van der Waals surface area contributed by atoms with Crippen LogP contribution in [0.5, 0.6) is 0 Å². The molecule has 106 valence electrons. The average Bonchev–Trinajstić information content (AvgIpc) is 2.26. The van der Waals surface area contributed by atoms with Crippen LogP contribution in [-0.2, 0) is 14.0 Å². The van der Waals surface area contributed by atoms with Crippen LogP contribution in [0.15, 0.2) is 12.7 Å². The van der Waals surface area contributed by atoms with Gasteiger partial charge in [-0.15, -0.1) is 0 Å². The van der Waals surface area contributed by atoms with Crippen LogP contribution in [0.2, 0.25) is 6.04 Å². The third-order valence-electron chi connectivity index (χ3n) is 2.45. The molecule has 0 saturated heterocycles. The Morgan fingerprint density at radius 2 is 1.94 bits per heavy atom. The Morgan fingerprint density at radius 3 is 2.44 bits per heavy atom. The monoisotopic (exact) mass is 272 g/mol. The molecule has 1 atom stereocenters. The molecule has 4 heteroatoms. The molecule has 0 amide bonds. The SMILES string of the molecule is C=CC(=O)OC(CC[SiH2]OCC(C)C)CC(C)C. The molecule has 0 aliphatic rings. The molecule has 0 radical (unpaired) electrons. The highest BCUT2D eigenvalue weighted by atomic mass is 28.2. The molecule has 0 fully saturated rings. The molecule has 0 bridgehead atoms. The van der Waals surface area contributed by atoms with Crippen molar-refractivity contribution < 1.29 is 14.0 Å². The van der Waals surface area contributed by atoms with Crippen LogP contribution in [-0.4, -0.2) is 28.4 Å². The number of ether oxygens (including phenoxy) is 1. The minimum absolute atomic E-state index is 0.0191. The van der Waals surface area contributed by atoms with Crippen molar-refractivity contribution in [1.82, 2.24) is 0 Å². The van der Waals surface area contributed by atoms with Gasteiger partial charge in [-0.25, -0.2) is 4.79 Å². The first-order chi connectivity index (χ1) is 8.45. The zero-order valence-corrected chi connectivity index (χ0v) is 13.7. The molecule has 0 aromatic carbocycles. The Kier molecular flexibility index (Phi) is 9.97. The van der Waals surface area contributed by atoms with Gasteiger partial charge < -0.3 is 9.16 Å². The van der Waals surface area contributed by atoms with Gasteiger partial charge in [0, 0.05) is 12.7 Å². The molecule has 18 heavy (non-hydrogen) atoms. The maximum atomic E-state index is 11.2. The van der Waals surface area contributed by atoms with Crippen molar-refractivity contribution in [2.24, 2.45) is 11.8 Å². The molecule has 0 aromatic heterocycles. The maximum absolute atomic E-state index is 11.2. The van der Waals surface area contributed by atoms with Crippen molar-refractivity contribution in [2.75, 3.05) is 6.61 Å². The summed E-state index contributed by atoms with van der Waals surface area (Å²) < 4.78 is 11.0. The highest BCUT2D eigenvalue weighted by Crippen LogP contribution is 2.14. The van der Waals surface area contributed by atoms with E-state index in [1.165, 1.54) is 6.08 Å². The molecule has 0 aromatic rings. The molecule has 0 aliphatic heterocycles. The Hall–Kier alpha value is -0.613. The standard InChI is InChI=1S/C14H28O3Si/c1-6-14(15)17-13(9-11(2)3)7-8-18-16-10-12(4)5/h6,11-13H,1,7-10,18H2,2-5H3. The van der Waals surface area contributed by atoms with Crippen LogP contribution in [0.4, 0.5) is 0 Å². The number of hydrogen-bond acceptors (Lipinski definition) is 3. The second-order valence-electron chi connectivity index (χ2n) is 5.50. The number of rotatable bonds is 10. The van der Waals surface area contributed by atoms with Crippen molar-refractivity contribution in [3.8, 4) is 0 Å². The fraction of sp³-hybridized carbons (Fsp3) is 0.786. The van der Waals surface area contributed by atoms with Crippen molar-refractivity contribution >= 4 is 15.7 Å². The van der Waals surface area contributed by atoms with Gasteiger partial charge in [0.2, 0.25) is 0 Å². The first kappa shape index (κ1) is 17.4. The second kappa shape index (κ2) is 10.3. The van der Waals surface area contributed by atoms with Gasteiger partial charge >= 0.3 is 5.97 Å². The summed E-state index contributed by atoms with van der Waals surface area (Å²) in [5.74, 6) is 0.818. The van der Waals surface area contributed by atoms with E-state index in [0.717, 1.165) is 25.5 Å². The minimum Gasteiger partial charge on any atom is -0.459 e.